The highest BCUT2D eigenvalue weighted by atomic mass is 16.3. The van der Waals surface area contributed by atoms with Crippen LogP contribution in [0.4, 0.5) is 0 Å². The number of piperidine rings is 1. The van der Waals surface area contributed by atoms with E-state index in [0.29, 0.717) is 6.54 Å². The van der Waals surface area contributed by atoms with Crippen LogP contribution >= 0.6 is 0 Å². The first-order valence-electron chi connectivity index (χ1n) is 8.66. The minimum Gasteiger partial charge on any atom is -0.390 e. The maximum atomic E-state index is 12.0. The summed E-state index contributed by atoms with van der Waals surface area (Å²) in [6.07, 6.45) is 1.76. The molecule has 1 aromatic heterocycles. The zero-order chi connectivity index (χ0) is 16.9. The third-order valence-electron chi connectivity index (χ3n) is 4.67. The van der Waals surface area contributed by atoms with Crippen molar-refractivity contribution in [1.29, 1.82) is 0 Å². The number of hydrogen-bond acceptors (Lipinski definition) is 4. The standard InChI is InChI=1S/C19H25N3O2/c1-15-9-11-21(12-10-15)13-17(23)14-22-19(24)8-7-18(20-22)16-5-3-2-4-6-16/h2-8,15,17,23H,9-14H2,1H3/t17-/m0/s1. The fourth-order valence-corrected chi connectivity index (χ4v) is 3.14. The highest BCUT2D eigenvalue weighted by Gasteiger charge is 2.19. The van der Waals surface area contributed by atoms with Crippen molar-refractivity contribution in [2.75, 3.05) is 19.6 Å². The molecule has 128 valence electrons. The highest BCUT2D eigenvalue weighted by Crippen LogP contribution is 2.16. The van der Waals surface area contributed by atoms with E-state index in [4.69, 9.17) is 0 Å². The summed E-state index contributed by atoms with van der Waals surface area (Å²) in [6, 6.07) is 13.0. The minimum absolute atomic E-state index is 0.180. The monoisotopic (exact) mass is 327 g/mol. The molecule has 2 aromatic rings. The van der Waals surface area contributed by atoms with Gasteiger partial charge in [0.15, 0.2) is 0 Å². The number of likely N-dealkylation sites (tertiary alicyclic amines) is 1. The van der Waals surface area contributed by atoms with Crippen molar-refractivity contribution in [2.45, 2.75) is 32.4 Å². The molecule has 0 aliphatic carbocycles. The van der Waals surface area contributed by atoms with Crippen LogP contribution in [0, 0.1) is 5.92 Å². The molecule has 0 spiro atoms. The van der Waals surface area contributed by atoms with E-state index in [0.717, 1.165) is 30.3 Å². The summed E-state index contributed by atoms with van der Waals surface area (Å²) < 4.78 is 1.37. The Bertz CT molecular complexity index is 706. The molecule has 5 heteroatoms. The van der Waals surface area contributed by atoms with Crippen molar-refractivity contribution in [1.82, 2.24) is 14.7 Å². The Labute approximate surface area is 142 Å². The van der Waals surface area contributed by atoms with Gasteiger partial charge in [-0.25, -0.2) is 4.68 Å². The second-order valence-electron chi connectivity index (χ2n) is 6.74. The Kier molecular flexibility index (Phi) is 5.43. The van der Waals surface area contributed by atoms with Crippen LogP contribution in [0.3, 0.4) is 0 Å². The molecule has 0 radical (unpaired) electrons. The van der Waals surface area contributed by atoms with Crippen molar-refractivity contribution >= 4 is 0 Å². The lowest BCUT2D eigenvalue weighted by Gasteiger charge is -2.31. The van der Waals surface area contributed by atoms with Crippen LogP contribution in [0.2, 0.25) is 0 Å². The molecule has 3 rings (SSSR count). The quantitative estimate of drug-likeness (QED) is 0.912. The summed E-state index contributed by atoms with van der Waals surface area (Å²) in [4.78, 5) is 14.3. The number of aromatic nitrogens is 2. The molecule has 0 bridgehead atoms. The third-order valence-corrected chi connectivity index (χ3v) is 4.67. The van der Waals surface area contributed by atoms with Gasteiger partial charge in [0.25, 0.3) is 5.56 Å². The number of benzene rings is 1. The summed E-state index contributed by atoms with van der Waals surface area (Å²) >= 11 is 0. The topological polar surface area (TPSA) is 58.4 Å². The maximum Gasteiger partial charge on any atom is 0.266 e. The van der Waals surface area contributed by atoms with Gasteiger partial charge in [-0.1, -0.05) is 37.3 Å². The van der Waals surface area contributed by atoms with Crippen LogP contribution < -0.4 is 5.56 Å². The second kappa shape index (κ2) is 7.73. The van der Waals surface area contributed by atoms with Gasteiger partial charge in [-0.3, -0.25) is 4.79 Å². The zero-order valence-electron chi connectivity index (χ0n) is 14.1. The zero-order valence-corrected chi connectivity index (χ0v) is 14.1. The Morgan fingerprint density at radius 2 is 1.83 bits per heavy atom. The van der Waals surface area contributed by atoms with Crippen LogP contribution in [0.1, 0.15) is 19.8 Å². The van der Waals surface area contributed by atoms with E-state index in [-0.39, 0.29) is 12.1 Å². The summed E-state index contributed by atoms with van der Waals surface area (Å²) in [5.41, 5.74) is 1.53. The Hall–Kier alpha value is -1.98. The highest BCUT2D eigenvalue weighted by molar-refractivity contribution is 5.57. The number of aliphatic hydroxyl groups is 1. The van der Waals surface area contributed by atoms with E-state index in [1.165, 1.54) is 23.6 Å². The smallest absolute Gasteiger partial charge is 0.266 e. The molecule has 0 amide bonds. The van der Waals surface area contributed by atoms with Crippen molar-refractivity contribution in [2.24, 2.45) is 5.92 Å². The largest absolute Gasteiger partial charge is 0.390 e. The SMILES string of the molecule is CC1CCN(C[C@H](O)Cn2nc(-c3ccccc3)ccc2=O)CC1. The fraction of sp³-hybridized carbons (Fsp3) is 0.474. The molecule has 1 aromatic carbocycles. The maximum absolute atomic E-state index is 12.0. The molecule has 1 aliphatic rings. The van der Waals surface area contributed by atoms with Gasteiger partial charge in [-0.2, -0.15) is 5.10 Å². The third kappa shape index (κ3) is 4.30. The van der Waals surface area contributed by atoms with Crippen molar-refractivity contribution in [3.8, 4) is 11.3 Å². The summed E-state index contributed by atoms with van der Waals surface area (Å²) in [5.74, 6) is 0.769. The average molecular weight is 327 g/mol. The van der Waals surface area contributed by atoms with Gasteiger partial charge in [0.1, 0.15) is 0 Å². The van der Waals surface area contributed by atoms with E-state index < -0.39 is 6.10 Å². The van der Waals surface area contributed by atoms with Gasteiger partial charge in [0.05, 0.1) is 18.3 Å². The first-order valence-corrected chi connectivity index (χ1v) is 8.66. The van der Waals surface area contributed by atoms with Crippen LogP contribution in [0.15, 0.2) is 47.3 Å². The van der Waals surface area contributed by atoms with Crippen LogP contribution in [0.5, 0.6) is 0 Å². The molecular formula is C19H25N3O2. The molecule has 1 aliphatic heterocycles. The Balaban J connectivity index is 1.67. The number of β-amino-alcohol motifs (C(OH)–C–C–N with tert-alkyl or cyclic N) is 1. The first-order chi connectivity index (χ1) is 11.6. The van der Waals surface area contributed by atoms with Gasteiger partial charge < -0.3 is 10.0 Å². The van der Waals surface area contributed by atoms with Gasteiger partial charge in [-0.15, -0.1) is 0 Å². The number of nitrogens with zero attached hydrogens (tertiary/aromatic N) is 3. The van der Waals surface area contributed by atoms with Crippen LogP contribution in [-0.4, -0.2) is 45.5 Å². The van der Waals surface area contributed by atoms with E-state index >= 15 is 0 Å². The first kappa shape index (κ1) is 16.9. The molecule has 1 N–H and O–H groups in total. The minimum atomic E-state index is -0.588. The number of rotatable bonds is 5. The molecule has 1 fully saturated rings. The number of aliphatic hydroxyl groups excluding tert-OH is 1. The lowest BCUT2D eigenvalue weighted by Crippen LogP contribution is -2.41. The number of hydrogen-bond donors (Lipinski definition) is 1. The summed E-state index contributed by atoms with van der Waals surface area (Å²) in [7, 11) is 0. The molecule has 0 unspecified atom stereocenters. The van der Waals surface area contributed by atoms with Gasteiger partial charge in [0, 0.05) is 18.2 Å². The second-order valence-corrected chi connectivity index (χ2v) is 6.74. The van der Waals surface area contributed by atoms with Gasteiger partial charge in [-0.05, 0) is 37.9 Å². The normalized spacial score (nSPS) is 17.8. The fourth-order valence-electron chi connectivity index (χ4n) is 3.14. The van der Waals surface area contributed by atoms with E-state index in [2.05, 4.69) is 16.9 Å². The Morgan fingerprint density at radius 1 is 1.12 bits per heavy atom. The van der Waals surface area contributed by atoms with E-state index in [1.807, 2.05) is 30.3 Å². The molecule has 24 heavy (non-hydrogen) atoms. The molecule has 1 atom stereocenters. The molecule has 0 saturated carbocycles. The van der Waals surface area contributed by atoms with E-state index in [9.17, 15) is 9.90 Å². The summed E-state index contributed by atoms with van der Waals surface area (Å²) in [6.45, 7) is 5.13. The van der Waals surface area contributed by atoms with Crippen molar-refractivity contribution in [3.05, 3.63) is 52.8 Å². The summed E-state index contributed by atoms with van der Waals surface area (Å²) in [5, 5.41) is 14.8. The van der Waals surface area contributed by atoms with Gasteiger partial charge >= 0.3 is 0 Å². The predicted molar refractivity (Wildman–Crippen MR) is 94.8 cm³/mol. The average Bonchev–Trinajstić information content (AvgIpc) is 2.60. The van der Waals surface area contributed by atoms with Crippen LogP contribution in [0.25, 0.3) is 11.3 Å². The van der Waals surface area contributed by atoms with Crippen LogP contribution in [-0.2, 0) is 6.54 Å². The molecule has 1 saturated heterocycles. The molecule has 2 heterocycles. The van der Waals surface area contributed by atoms with Gasteiger partial charge in [0.2, 0.25) is 0 Å². The molecule has 5 nitrogen and oxygen atoms in total. The molecular weight excluding hydrogens is 302 g/mol. The lowest BCUT2D eigenvalue weighted by atomic mass is 9.99. The van der Waals surface area contributed by atoms with Crippen molar-refractivity contribution < 1.29 is 5.11 Å². The van der Waals surface area contributed by atoms with E-state index in [1.54, 1.807) is 6.07 Å². The predicted octanol–water partition coefficient (Wildman–Crippen LogP) is 2.00. The van der Waals surface area contributed by atoms with Crippen molar-refractivity contribution in [3.63, 3.8) is 0 Å². The lowest BCUT2D eigenvalue weighted by molar-refractivity contribution is 0.0767. The Morgan fingerprint density at radius 3 is 2.54 bits per heavy atom.